The molecular formula is C12H14N2O2. The van der Waals surface area contributed by atoms with Crippen molar-refractivity contribution in [1.29, 1.82) is 0 Å². The van der Waals surface area contributed by atoms with Gasteiger partial charge >= 0.3 is 0 Å². The van der Waals surface area contributed by atoms with Crippen LogP contribution >= 0.6 is 0 Å². The number of carbonyl (C=O) groups is 2. The molecule has 0 fully saturated rings. The number of para-hydroxylation sites is 1. The highest BCUT2D eigenvalue weighted by Crippen LogP contribution is 2.06. The van der Waals surface area contributed by atoms with Gasteiger partial charge < -0.3 is 10.6 Å². The molecular weight excluding hydrogens is 204 g/mol. The number of carbonyl (C=O) groups excluding carboxylic acids is 2. The number of hydrogen-bond donors (Lipinski definition) is 2. The maximum atomic E-state index is 11.6. The van der Waals surface area contributed by atoms with Gasteiger partial charge in [0.15, 0.2) is 0 Å². The van der Waals surface area contributed by atoms with Gasteiger partial charge in [0.2, 0.25) is 5.91 Å². The number of benzene rings is 1. The van der Waals surface area contributed by atoms with Gasteiger partial charge in [0.05, 0.1) is 0 Å². The lowest BCUT2D eigenvalue weighted by Gasteiger charge is -2.07. The predicted molar refractivity (Wildman–Crippen MR) is 62.9 cm³/mol. The minimum atomic E-state index is -0.292. The predicted octanol–water partition coefficient (Wildman–Crippen LogP) is 1.32. The number of nitrogens with one attached hydrogen (secondary N) is 2. The summed E-state index contributed by atoms with van der Waals surface area (Å²) >= 11 is 0. The van der Waals surface area contributed by atoms with Gasteiger partial charge in [0.25, 0.3) is 5.91 Å². The highest BCUT2D eigenvalue weighted by Gasteiger charge is 2.07. The molecule has 1 aromatic carbocycles. The molecule has 0 saturated heterocycles. The standard InChI is InChI=1S/C12H14N2O2/c1-9(8-13-10(2)15)12(16)14-11-6-4-3-5-7-11/h3-7H,1,8H2,2H3,(H,13,15)(H,14,16). The molecule has 0 aliphatic carbocycles. The molecule has 0 unspecified atom stereocenters. The second-order valence-electron chi connectivity index (χ2n) is 3.33. The Kier molecular flexibility index (Phi) is 4.27. The Bertz CT molecular complexity index is 399. The van der Waals surface area contributed by atoms with Gasteiger partial charge in [-0.25, -0.2) is 0 Å². The van der Waals surface area contributed by atoms with E-state index in [4.69, 9.17) is 0 Å². The van der Waals surface area contributed by atoms with E-state index in [0.717, 1.165) is 0 Å². The molecule has 4 heteroatoms. The van der Waals surface area contributed by atoms with Crippen LogP contribution in [0.2, 0.25) is 0 Å². The smallest absolute Gasteiger partial charge is 0.252 e. The largest absolute Gasteiger partial charge is 0.352 e. The number of hydrogen-bond acceptors (Lipinski definition) is 2. The van der Waals surface area contributed by atoms with Crippen molar-refractivity contribution < 1.29 is 9.59 Å². The molecule has 2 amide bonds. The molecule has 84 valence electrons. The molecule has 0 aromatic heterocycles. The van der Waals surface area contributed by atoms with Crippen molar-refractivity contribution in [3.8, 4) is 0 Å². The lowest BCUT2D eigenvalue weighted by Crippen LogP contribution is -2.27. The van der Waals surface area contributed by atoms with Gasteiger partial charge in [-0.2, -0.15) is 0 Å². The molecule has 0 heterocycles. The third-order valence-electron chi connectivity index (χ3n) is 1.90. The first kappa shape index (κ1) is 12.0. The summed E-state index contributed by atoms with van der Waals surface area (Å²) in [7, 11) is 0. The van der Waals surface area contributed by atoms with E-state index in [2.05, 4.69) is 17.2 Å². The molecule has 1 rings (SSSR count). The Balaban J connectivity index is 2.46. The molecule has 1 aromatic rings. The van der Waals surface area contributed by atoms with Crippen molar-refractivity contribution >= 4 is 17.5 Å². The van der Waals surface area contributed by atoms with Gasteiger partial charge in [0, 0.05) is 24.7 Å². The first-order valence-corrected chi connectivity index (χ1v) is 4.88. The van der Waals surface area contributed by atoms with Crippen LogP contribution in [-0.4, -0.2) is 18.4 Å². The second-order valence-corrected chi connectivity index (χ2v) is 3.33. The lowest BCUT2D eigenvalue weighted by atomic mass is 10.2. The van der Waals surface area contributed by atoms with Crippen LogP contribution in [0.25, 0.3) is 0 Å². The highest BCUT2D eigenvalue weighted by atomic mass is 16.2. The molecule has 0 aliphatic heterocycles. The number of anilines is 1. The summed E-state index contributed by atoms with van der Waals surface area (Å²) in [6, 6.07) is 9.08. The Labute approximate surface area is 94.4 Å². The monoisotopic (exact) mass is 218 g/mol. The zero-order valence-electron chi connectivity index (χ0n) is 9.12. The summed E-state index contributed by atoms with van der Waals surface area (Å²) in [4.78, 5) is 22.2. The van der Waals surface area contributed by atoms with E-state index < -0.39 is 0 Å². The van der Waals surface area contributed by atoms with Crippen LogP contribution < -0.4 is 10.6 Å². The quantitative estimate of drug-likeness (QED) is 0.749. The van der Waals surface area contributed by atoms with E-state index in [1.165, 1.54) is 6.92 Å². The van der Waals surface area contributed by atoms with Crippen LogP contribution in [0.1, 0.15) is 6.92 Å². The lowest BCUT2D eigenvalue weighted by molar-refractivity contribution is -0.118. The van der Waals surface area contributed by atoms with Crippen molar-refractivity contribution in [2.24, 2.45) is 0 Å². The summed E-state index contributed by atoms with van der Waals surface area (Å²) in [5, 5.41) is 5.19. The molecule has 0 aliphatic rings. The fourth-order valence-electron chi connectivity index (χ4n) is 1.05. The van der Waals surface area contributed by atoms with E-state index in [0.29, 0.717) is 11.3 Å². The first-order valence-electron chi connectivity index (χ1n) is 4.88. The summed E-state index contributed by atoms with van der Waals surface area (Å²) < 4.78 is 0. The van der Waals surface area contributed by atoms with E-state index in [1.54, 1.807) is 12.1 Å². The van der Waals surface area contributed by atoms with Gasteiger partial charge in [0.1, 0.15) is 0 Å². The minimum Gasteiger partial charge on any atom is -0.352 e. The SMILES string of the molecule is C=C(CNC(C)=O)C(=O)Nc1ccccc1. The average Bonchev–Trinajstić information content (AvgIpc) is 2.27. The molecule has 4 nitrogen and oxygen atoms in total. The second kappa shape index (κ2) is 5.70. The molecule has 2 N–H and O–H groups in total. The zero-order valence-corrected chi connectivity index (χ0v) is 9.12. The molecule has 0 saturated carbocycles. The Hall–Kier alpha value is -2.10. The molecule has 0 spiro atoms. The summed E-state index contributed by atoms with van der Waals surface area (Å²) in [5.41, 5.74) is 1.02. The Morgan fingerprint density at radius 3 is 2.44 bits per heavy atom. The summed E-state index contributed by atoms with van der Waals surface area (Å²) in [6.45, 7) is 5.15. The maximum absolute atomic E-state index is 11.6. The van der Waals surface area contributed by atoms with E-state index in [1.807, 2.05) is 18.2 Å². The topological polar surface area (TPSA) is 58.2 Å². The number of amides is 2. The summed E-state index contributed by atoms with van der Waals surface area (Å²) in [6.07, 6.45) is 0. The zero-order chi connectivity index (χ0) is 12.0. The van der Waals surface area contributed by atoms with Crippen molar-refractivity contribution in [1.82, 2.24) is 5.32 Å². The van der Waals surface area contributed by atoms with Crippen LogP contribution in [0, 0.1) is 0 Å². The summed E-state index contributed by atoms with van der Waals surface area (Å²) in [5.74, 6) is -0.478. The van der Waals surface area contributed by atoms with Crippen LogP contribution in [0.3, 0.4) is 0 Å². The van der Waals surface area contributed by atoms with Crippen molar-refractivity contribution in [3.05, 3.63) is 42.5 Å². The molecule has 16 heavy (non-hydrogen) atoms. The Morgan fingerprint density at radius 1 is 1.25 bits per heavy atom. The van der Waals surface area contributed by atoms with Crippen LogP contribution in [0.4, 0.5) is 5.69 Å². The Morgan fingerprint density at radius 2 is 1.88 bits per heavy atom. The van der Waals surface area contributed by atoms with Crippen LogP contribution in [0.15, 0.2) is 42.5 Å². The third-order valence-corrected chi connectivity index (χ3v) is 1.90. The fourth-order valence-corrected chi connectivity index (χ4v) is 1.05. The van der Waals surface area contributed by atoms with E-state index >= 15 is 0 Å². The third kappa shape index (κ3) is 3.96. The maximum Gasteiger partial charge on any atom is 0.252 e. The first-order chi connectivity index (χ1) is 7.59. The average molecular weight is 218 g/mol. The molecule has 0 bridgehead atoms. The minimum absolute atomic E-state index is 0.161. The normalized spacial score (nSPS) is 9.31. The highest BCUT2D eigenvalue weighted by molar-refractivity contribution is 6.03. The van der Waals surface area contributed by atoms with E-state index in [9.17, 15) is 9.59 Å². The van der Waals surface area contributed by atoms with Gasteiger partial charge in [-0.15, -0.1) is 0 Å². The molecule has 0 radical (unpaired) electrons. The van der Waals surface area contributed by atoms with Crippen molar-refractivity contribution in [2.45, 2.75) is 6.92 Å². The van der Waals surface area contributed by atoms with Crippen molar-refractivity contribution in [3.63, 3.8) is 0 Å². The van der Waals surface area contributed by atoms with Crippen LogP contribution in [-0.2, 0) is 9.59 Å². The van der Waals surface area contributed by atoms with Crippen molar-refractivity contribution in [2.75, 3.05) is 11.9 Å². The number of rotatable bonds is 4. The van der Waals surface area contributed by atoms with Gasteiger partial charge in [-0.3, -0.25) is 9.59 Å². The van der Waals surface area contributed by atoms with Gasteiger partial charge in [-0.05, 0) is 12.1 Å². The van der Waals surface area contributed by atoms with Crippen LogP contribution in [0.5, 0.6) is 0 Å². The molecule has 0 atom stereocenters. The van der Waals surface area contributed by atoms with Gasteiger partial charge in [-0.1, -0.05) is 24.8 Å². The fraction of sp³-hybridized carbons (Fsp3) is 0.167. The van der Waals surface area contributed by atoms with E-state index in [-0.39, 0.29) is 18.4 Å².